The molecule has 1 saturated heterocycles. The van der Waals surface area contributed by atoms with E-state index in [1.807, 2.05) is 0 Å². The number of aliphatic hydroxyl groups is 1. The van der Waals surface area contributed by atoms with E-state index < -0.39 is 47.7 Å². The van der Waals surface area contributed by atoms with Gasteiger partial charge in [-0.05, 0) is 32.4 Å². The van der Waals surface area contributed by atoms with Gasteiger partial charge < -0.3 is 15.2 Å². The van der Waals surface area contributed by atoms with E-state index in [4.69, 9.17) is 4.74 Å². The molecule has 2 aliphatic heterocycles. The van der Waals surface area contributed by atoms with Gasteiger partial charge in [0.25, 0.3) is 17.7 Å². The molecular weight excluding hydrogens is 382 g/mol. The van der Waals surface area contributed by atoms with Crippen molar-refractivity contribution in [3.63, 3.8) is 0 Å². The van der Waals surface area contributed by atoms with Gasteiger partial charge in [-0.3, -0.25) is 34.2 Å². The molecular formula is C19H21N3O7. The van der Waals surface area contributed by atoms with Crippen molar-refractivity contribution in [2.75, 3.05) is 13.2 Å². The molecule has 3 N–H and O–H groups in total. The average Bonchev–Trinajstić information content (AvgIpc) is 2.91. The number of rotatable bonds is 6. The van der Waals surface area contributed by atoms with Gasteiger partial charge in [-0.15, -0.1) is 0 Å². The van der Waals surface area contributed by atoms with Crippen LogP contribution in [0.1, 0.15) is 47.4 Å². The van der Waals surface area contributed by atoms with Gasteiger partial charge in [0, 0.05) is 6.42 Å². The van der Waals surface area contributed by atoms with E-state index in [2.05, 4.69) is 10.6 Å². The van der Waals surface area contributed by atoms with Crippen LogP contribution in [0.5, 0.6) is 5.75 Å². The Bertz CT molecular complexity index is 909. The first-order valence-corrected chi connectivity index (χ1v) is 9.04. The Morgan fingerprint density at radius 3 is 2.66 bits per heavy atom. The maximum atomic E-state index is 12.9. The highest BCUT2D eigenvalue weighted by atomic mass is 16.5. The number of ether oxygens (including phenoxy) is 1. The van der Waals surface area contributed by atoms with Crippen molar-refractivity contribution < 1.29 is 33.8 Å². The smallest absolute Gasteiger partial charge is 0.266 e. The van der Waals surface area contributed by atoms with Crippen molar-refractivity contribution in [1.82, 2.24) is 15.5 Å². The summed E-state index contributed by atoms with van der Waals surface area (Å²) in [5, 5.41) is 13.9. The van der Waals surface area contributed by atoms with Gasteiger partial charge in [0.1, 0.15) is 11.8 Å². The lowest BCUT2D eigenvalue weighted by molar-refractivity contribution is -0.136. The number of carbonyl (C=O) groups is 5. The molecule has 10 nitrogen and oxygen atoms in total. The van der Waals surface area contributed by atoms with E-state index in [0.29, 0.717) is 0 Å². The zero-order chi connectivity index (χ0) is 21.3. The molecule has 2 heterocycles. The molecule has 1 aromatic carbocycles. The maximum Gasteiger partial charge on any atom is 0.266 e. The zero-order valence-electron chi connectivity index (χ0n) is 16.0. The molecule has 0 aromatic heterocycles. The lowest BCUT2D eigenvalue weighted by Gasteiger charge is -2.27. The van der Waals surface area contributed by atoms with E-state index in [-0.39, 0.29) is 36.3 Å². The van der Waals surface area contributed by atoms with E-state index in [1.54, 1.807) is 13.8 Å². The fraction of sp³-hybridized carbons (Fsp3) is 0.421. The quantitative estimate of drug-likeness (QED) is 0.536. The highest BCUT2D eigenvalue weighted by Crippen LogP contribution is 2.33. The van der Waals surface area contributed by atoms with Crippen LogP contribution in [0.4, 0.5) is 0 Å². The number of amides is 5. The first kappa shape index (κ1) is 20.5. The van der Waals surface area contributed by atoms with E-state index >= 15 is 0 Å². The number of benzene rings is 1. The van der Waals surface area contributed by atoms with Gasteiger partial charge in [0.15, 0.2) is 6.61 Å². The van der Waals surface area contributed by atoms with Gasteiger partial charge in [0.2, 0.25) is 11.8 Å². The number of piperidine rings is 1. The Kier molecular flexibility index (Phi) is 5.38. The summed E-state index contributed by atoms with van der Waals surface area (Å²) in [6, 6.07) is 3.30. The first-order chi connectivity index (χ1) is 13.6. The molecule has 29 heavy (non-hydrogen) atoms. The molecule has 5 amide bonds. The molecule has 0 spiro atoms. The third kappa shape index (κ3) is 3.97. The molecule has 1 fully saturated rings. The summed E-state index contributed by atoms with van der Waals surface area (Å²) in [6.45, 7) is 2.56. The minimum atomic E-state index is -1.08. The largest absolute Gasteiger partial charge is 0.483 e. The third-order valence-corrected chi connectivity index (χ3v) is 4.66. The summed E-state index contributed by atoms with van der Waals surface area (Å²) >= 11 is 0. The van der Waals surface area contributed by atoms with Crippen molar-refractivity contribution in [3.05, 3.63) is 29.3 Å². The number of hydrogen-bond donors (Lipinski definition) is 3. The van der Waals surface area contributed by atoms with Crippen molar-refractivity contribution in [2.45, 2.75) is 38.3 Å². The van der Waals surface area contributed by atoms with Crippen LogP contribution in [0.3, 0.4) is 0 Å². The monoisotopic (exact) mass is 403 g/mol. The Morgan fingerprint density at radius 2 is 2.00 bits per heavy atom. The molecule has 2 aliphatic rings. The molecule has 154 valence electrons. The lowest BCUT2D eigenvalue weighted by Crippen LogP contribution is -2.54. The Hall–Kier alpha value is -3.27. The fourth-order valence-corrected chi connectivity index (χ4v) is 3.20. The summed E-state index contributed by atoms with van der Waals surface area (Å²) < 4.78 is 5.45. The SMILES string of the molecule is CC(C)(CO)NC(=O)COc1cccc2c1C(=O)N(C1CCC(=O)NC1=O)C2=O. The van der Waals surface area contributed by atoms with Crippen molar-refractivity contribution >= 4 is 29.5 Å². The minimum Gasteiger partial charge on any atom is -0.483 e. The third-order valence-electron chi connectivity index (χ3n) is 4.66. The number of aliphatic hydroxyl groups excluding tert-OH is 1. The number of nitrogens with one attached hydrogen (secondary N) is 2. The van der Waals surface area contributed by atoms with Gasteiger partial charge in [-0.2, -0.15) is 0 Å². The second-order valence-electron chi connectivity index (χ2n) is 7.50. The predicted octanol–water partition coefficient (Wildman–Crippen LogP) is -0.646. The average molecular weight is 403 g/mol. The van der Waals surface area contributed by atoms with Gasteiger partial charge in [0.05, 0.1) is 23.3 Å². The number of nitrogens with zero attached hydrogens (tertiary/aromatic N) is 1. The fourth-order valence-electron chi connectivity index (χ4n) is 3.20. The van der Waals surface area contributed by atoms with Gasteiger partial charge >= 0.3 is 0 Å². The van der Waals surface area contributed by atoms with Crippen LogP contribution >= 0.6 is 0 Å². The van der Waals surface area contributed by atoms with Crippen LogP contribution < -0.4 is 15.4 Å². The molecule has 1 unspecified atom stereocenters. The van der Waals surface area contributed by atoms with Gasteiger partial charge in [-0.25, -0.2) is 0 Å². The Labute approximate surface area is 166 Å². The Balaban J connectivity index is 1.79. The zero-order valence-corrected chi connectivity index (χ0v) is 16.0. The molecule has 0 aliphatic carbocycles. The highest BCUT2D eigenvalue weighted by Gasteiger charge is 2.46. The van der Waals surface area contributed by atoms with Crippen LogP contribution in [0.25, 0.3) is 0 Å². The minimum absolute atomic E-state index is 0.0218. The second kappa shape index (κ2) is 7.63. The summed E-state index contributed by atoms with van der Waals surface area (Å²) in [5.41, 5.74) is -0.808. The Morgan fingerprint density at radius 1 is 1.28 bits per heavy atom. The normalized spacial score (nSPS) is 19.1. The molecule has 1 aromatic rings. The standard InChI is InChI=1S/C19H21N3O7/c1-19(2,9-23)21-14(25)8-29-12-5-3-4-10-15(12)18(28)22(17(10)27)11-6-7-13(24)20-16(11)26/h3-5,11,23H,6-9H2,1-2H3,(H,21,25)(H,20,24,26). The summed E-state index contributed by atoms with van der Waals surface area (Å²) in [5.74, 6) is -3.01. The van der Waals surface area contributed by atoms with Crippen molar-refractivity contribution in [1.29, 1.82) is 0 Å². The summed E-state index contributed by atoms with van der Waals surface area (Å²) in [4.78, 5) is 61.9. The van der Waals surface area contributed by atoms with Crippen molar-refractivity contribution in [2.24, 2.45) is 0 Å². The molecule has 0 saturated carbocycles. The lowest BCUT2D eigenvalue weighted by atomic mass is 10.0. The van der Waals surface area contributed by atoms with Crippen molar-refractivity contribution in [3.8, 4) is 5.75 Å². The highest BCUT2D eigenvalue weighted by molar-refractivity contribution is 6.24. The van der Waals surface area contributed by atoms with E-state index in [1.165, 1.54) is 18.2 Å². The van der Waals surface area contributed by atoms with Crippen LogP contribution in [-0.2, 0) is 14.4 Å². The van der Waals surface area contributed by atoms with E-state index in [0.717, 1.165) is 4.90 Å². The molecule has 0 bridgehead atoms. The van der Waals surface area contributed by atoms with Crippen LogP contribution in [0.15, 0.2) is 18.2 Å². The molecule has 1 atom stereocenters. The van der Waals surface area contributed by atoms with E-state index in [9.17, 15) is 29.1 Å². The summed E-state index contributed by atoms with van der Waals surface area (Å²) in [6.07, 6.45) is 0.0684. The van der Waals surface area contributed by atoms with Gasteiger partial charge in [-0.1, -0.05) is 6.07 Å². The first-order valence-electron chi connectivity index (χ1n) is 9.04. The maximum absolute atomic E-state index is 12.9. The number of imide groups is 2. The number of fused-ring (bicyclic) bond motifs is 1. The molecule has 10 heteroatoms. The molecule has 0 radical (unpaired) electrons. The molecule has 3 rings (SSSR count). The number of hydrogen-bond acceptors (Lipinski definition) is 7. The number of carbonyl (C=O) groups excluding carboxylic acids is 5. The topological polar surface area (TPSA) is 142 Å². The van der Waals surface area contributed by atoms with Crippen LogP contribution in [0, 0.1) is 0 Å². The van der Waals surface area contributed by atoms with Crippen LogP contribution in [-0.4, -0.2) is 64.3 Å². The second-order valence-corrected chi connectivity index (χ2v) is 7.50. The van der Waals surface area contributed by atoms with Crippen LogP contribution in [0.2, 0.25) is 0 Å². The predicted molar refractivity (Wildman–Crippen MR) is 97.9 cm³/mol. The summed E-state index contributed by atoms with van der Waals surface area (Å²) in [7, 11) is 0.